The van der Waals surface area contributed by atoms with Crippen LogP contribution in [0.5, 0.6) is 0 Å². The Kier molecular flexibility index (Phi) is 2.64. The first kappa shape index (κ1) is 9.79. The van der Waals surface area contributed by atoms with E-state index in [1.54, 1.807) is 16.9 Å². The molecule has 1 heterocycles. The quantitative estimate of drug-likeness (QED) is 0.821. The van der Waals surface area contributed by atoms with Gasteiger partial charge in [0.2, 0.25) is 0 Å². The molecule has 0 fully saturated rings. The van der Waals surface area contributed by atoms with E-state index in [0.29, 0.717) is 10.8 Å². The van der Waals surface area contributed by atoms with Crippen LogP contribution in [0.1, 0.15) is 0 Å². The zero-order chi connectivity index (χ0) is 10.1. The summed E-state index contributed by atoms with van der Waals surface area (Å²) in [7, 11) is 0. The molecule has 14 heavy (non-hydrogen) atoms. The Morgan fingerprint density at radius 1 is 1.36 bits per heavy atom. The minimum atomic E-state index is 0.486. The Bertz CT molecular complexity index is 467. The second kappa shape index (κ2) is 3.78. The van der Waals surface area contributed by atoms with Crippen molar-refractivity contribution < 1.29 is 0 Å². The molecule has 0 radical (unpaired) electrons. The highest BCUT2D eigenvalue weighted by Crippen LogP contribution is 2.22. The molecule has 2 rings (SSSR count). The number of nitrogens with two attached hydrogens (primary N) is 1. The third-order valence-corrected chi connectivity index (χ3v) is 2.74. The van der Waals surface area contributed by atoms with E-state index < -0.39 is 0 Å². The van der Waals surface area contributed by atoms with Crippen molar-refractivity contribution in [2.75, 3.05) is 5.73 Å². The number of anilines is 1. The normalized spacial score (nSPS) is 10.4. The van der Waals surface area contributed by atoms with Crippen LogP contribution in [0.2, 0.25) is 5.02 Å². The van der Waals surface area contributed by atoms with Gasteiger partial charge < -0.3 is 5.73 Å². The van der Waals surface area contributed by atoms with Gasteiger partial charge in [-0.05, 0) is 40.8 Å². The number of nitrogens with zero attached hydrogens (tertiary/aromatic N) is 2. The third kappa shape index (κ3) is 1.85. The van der Waals surface area contributed by atoms with Crippen LogP contribution in [0.15, 0.2) is 30.5 Å². The molecule has 2 aromatic rings. The van der Waals surface area contributed by atoms with E-state index in [1.165, 1.54) is 0 Å². The first-order valence-electron chi connectivity index (χ1n) is 3.93. The van der Waals surface area contributed by atoms with Gasteiger partial charge in [0.1, 0.15) is 5.82 Å². The number of halogens is 2. The third-order valence-electron chi connectivity index (χ3n) is 1.77. The van der Waals surface area contributed by atoms with Crippen LogP contribution < -0.4 is 5.73 Å². The van der Waals surface area contributed by atoms with E-state index in [-0.39, 0.29) is 0 Å². The molecule has 0 aliphatic rings. The summed E-state index contributed by atoms with van der Waals surface area (Å²) >= 11 is 8.27. The SMILES string of the molecule is Nc1ccn(-c2ccc(I)cc2Cl)n1. The van der Waals surface area contributed by atoms with E-state index in [1.807, 2.05) is 18.2 Å². The highest BCUT2D eigenvalue weighted by Gasteiger charge is 2.03. The number of benzene rings is 1. The van der Waals surface area contributed by atoms with Crippen LogP contribution in [-0.4, -0.2) is 9.78 Å². The molecule has 0 aliphatic heterocycles. The van der Waals surface area contributed by atoms with Gasteiger partial charge in [0.05, 0.1) is 10.7 Å². The minimum Gasteiger partial charge on any atom is -0.382 e. The fourth-order valence-corrected chi connectivity index (χ4v) is 2.08. The highest BCUT2D eigenvalue weighted by molar-refractivity contribution is 14.1. The molecule has 0 unspecified atom stereocenters. The second-order valence-corrected chi connectivity index (χ2v) is 4.43. The molecule has 2 N–H and O–H groups in total. The average molecular weight is 320 g/mol. The van der Waals surface area contributed by atoms with E-state index in [9.17, 15) is 0 Å². The summed E-state index contributed by atoms with van der Waals surface area (Å²) in [4.78, 5) is 0. The van der Waals surface area contributed by atoms with Gasteiger partial charge in [0.15, 0.2) is 0 Å². The molecule has 0 bridgehead atoms. The van der Waals surface area contributed by atoms with Gasteiger partial charge in [-0.1, -0.05) is 11.6 Å². The fourth-order valence-electron chi connectivity index (χ4n) is 1.14. The van der Waals surface area contributed by atoms with Gasteiger partial charge >= 0.3 is 0 Å². The number of aromatic nitrogens is 2. The molecule has 0 aliphatic carbocycles. The topological polar surface area (TPSA) is 43.8 Å². The molecule has 0 atom stereocenters. The number of hydrogen-bond acceptors (Lipinski definition) is 2. The predicted octanol–water partition coefficient (Wildman–Crippen LogP) is 2.71. The van der Waals surface area contributed by atoms with E-state index >= 15 is 0 Å². The monoisotopic (exact) mass is 319 g/mol. The standard InChI is InChI=1S/C9H7ClIN3/c10-7-5-6(11)1-2-8(7)14-4-3-9(12)13-14/h1-5H,(H2,12,13). The maximum absolute atomic E-state index is 6.07. The molecule has 1 aromatic heterocycles. The Balaban J connectivity index is 2.52. The van der Waals surface area contributed by atoms with Crippen LogP contribution in [0, 0.1) is 3.57 Å². The van der Waals surface area contributed by atoms with Crippen LogP contribution in [0.4, 0.5) is 5.82 Å². The van der Waals surface area contributed by atoms with Gasteiger partial charge in [-0.25, -0.2) is 4.68 Å². The summed E-state index contributed by atoms with van der Waals surface area (Å²) in [5.41, 5.74) is 6.36. The fraction of sp³-hybridized carbons (Fsp3) is 0. The molecular formula is C9H7ClIN3. The maximum atomic E-state index is 6.07. The Morgan fingerprint density at radius 3 is 2.71 bits per heavy atom. The molecule has 1 aromatic carbocycles. The van der Waals surface area contributed by atoms with Crippen LogP contribution >= 0.6 is 34.2 Å². The smallest absolute Gasteiger partial charge is 0.145 e. The maximum Gasteiger partial charge on any atom is 0.145 e. The minimum absolute atomic E-state index is 0.486. The zero-order valence-electron chi connectivity index (χ0n) is 7.11. The Morgan fingerprint density at radius 2 is 2.14 bits per heavy atom. The van der Waals surface area contributed by atoms with Crippen molar-refractivity contribution in [3.05, 3.63) is 39.1 Å². The van der Waals surface area contributed by atoms with Gasteiger partial charge in [0.25, 0.3) is 0 Å². The molecular weight excluding hydrogens is 312 g/mol. The molecule has 0 saturated heterocycles. The van der Waals surface area contributed by atoms with Gasteiger partial charge in [-0.3, -0.25) is 0 Å². The van der Waals surface area contributed by atoms with Crippen molar-refractivity contribution >= 4 is 40.0 Å². The van der Waals surface area contributed by atoms with E-state index in [0.717, 1.165) is 9.26 Å². The largest absolute Gasteiger partial charge is 0.382 e. The lowest BCUT2D eigenvalue weighted by molar-refractivity contribution is 0.886. The Labute approximate surface area is 100 Å². The lowest BCUT2D eigenvalue weighted by Crippen LogP contribution is -1.97. The van der Waals surface area contributed by atoms with Gasteiger partial charge in [-0.2, -0.15) is 5.10 Å². The molecule has 3 nitrogen and oxygen atoms in total. The summed E-state index contributed by atoms with van der Waals surface area (Å²) < 4.78 is 2.75. The number of rotatable bonds is 1. The summed E-state index contributed by atoms with van der Waals surface area (Å²) in [6.45, 7) is 0. The summed E-state index contributed by atoms with van der Waals surface area (Å²) in [5.74, 6) is 0.486. The van der Waals surface area contributed by atoms with Crippen molar-refractivity contribution in [3.63, 3.8) is 0 Å². The zero-order valence-corrected chi connectivity index (χ0v) is 10.0. The number of hydrogen-bond donors (Lipinski definition) is 1. The van der Waals surface area contributed by atoms with Crippen LogP contribution in [-0.2, 0) is 0 Å². The van der Waals surface area contributed by atoms with E-state index in [4.69, 9.17) is 17.3 Å². The highest BCUT2D eigenvalue weighted by atomic mass is 127. The summed E-state index contributed by atoms with van der Waals surface area (Å²) in [6.07, 6.45) is 1.78. The molecule has 0 amide bonds. The van der Waals surface area contributed by atoms with Crippen molar-refractivity contribution in [3.8, 4) is 5.69 Å². The van der Waals surface area contributed by atoms with E-state index in [2.05, 4.69) is 27.7 Å². The van der Waals surface area contributed by atoms with Crippen molar-refractivity contribution in [2.24, 2.45) is 0 Å². The molecule has 72 valence electrons. The van der Waals surface area contributed by atoms with Crippen LogP contribution in [0.25, 0.3) is 5.69 Å². The summed E-state index contributed by atoms with van der Waals surface area (Å²) in [5, 5.41) is 4.75. The molecule has 0 saturated carbocycles. The predicted molar refractivity (Wildman–Crippen MR) is 65.7 cm³/mol. The Hall–Kier alpha value is -0.750. The lowest BCUT2D eigenvalue weighted by atomic mass is 10.3. The first-order chi connectivity index (χ1) is 6.66. The second-order valence-electron chi connectivity index (χ2n) is 2.78. The van der Waals surface area contributed by atoms with Crippen molar-refractivity contribution in [2.45, 2.75) is 0 Å². The first-order valence-corrected chi connectivity index (χ1v) is 5.39. The molecule has 0 spiro atoms. The number of nitrogen functional groups attached to an aromatic ring is 1. The lowest BCUT2D eigenvalue weighted by Gasteiger charge is -2.03. The van der Waals surface area contributed by atoms with Crippen molar-refractivity contribution in [1.82, 2.24) is 9.78 Å². The van der Waals surface area contributed by atoms with Crippen molar-refractivity contribution in [1.29, 1.82) is 0 Å². The summed E-state index contributed by atoms with van der Waals surface area (Å²) in [6, 6.07) is 7.50. The van der Waals surface area contributed by atoms with Gasteiger partial charge in [0, 0.05) is 15.8 Å². The van der Waals surface area contributed by atoms with Gasteiger partial charge in [-0.15, -0.1) is 0 Å². The van der Waals surface area contributed by atoms with Crippen LogP contribution in [0.3, 0.4) is 0 Å². The molecule has 5 heteroatoms. The average Bonchev–Trinajstić information content (AvgIpc) is 2.51.